The zero-order valence-electron chi connectivity index (χ0n) is 22.0. The molecule has 14 heteroatoms. The molecule has 3 heterocycles. The van der Waals surface area contributed by atoms with Crippen LogP contribution in [0.15, 0.2) is 18.6 Å². The number of alkyl halides is 3. The highest BCUT2D eigenvalue weighted by Crippen LogP contribution is 2.43. The van der Waals surface area contributed by atoms with E-state index in [-0.39, 0.29) is 47.7 Å². The Balaban J connectivity index is 1.59. The highest BCUT2D eigenvalue weighted by Gasteiger charge is 2.46. The second-order valence-electron chi connectivity index (χ2n) is 11.3. The molecule has 4 rings (SSSR count). The molecule has 1 amide bonds. The van der Waals surface area contributed by atoms with Crippen LogP contribution < -0.4 is 5.32 Å². The zero-order valence-corrected chi connectivity index (χ0v) is 23.5. The topological polar surface area (TPSA) is 123 Å². The molecule has 1 aliphatic carbocycles. The fraction of sp³-hybridized carbons (Fsp3) is 0.577. The van der Waals surface area contributed by atoms with E-state index in [1.807, 2.05) is 13.8 Å². The number of carbonyl (C=O) groups excluding carboxylic acids is 2. The van der Waals surface area contributed by atoms with Gasteiger partial charge < -0.3 is 15.2 Å². The van der Waals surface area contributed by atoms with E-state index in [0.29, 0.717) is 6.42 Å². The van der Waals surface area contributed by atoms with Crippen LogP contribution in [0.25, 0.3) is 0 Å². The Morgan fingerprint density at radius 2 is 1.73 bits per heavy atom. The molecule has 2 aromatic heterocycles. The second kappa shape index (κ2) is 10.9. The van der Waals surface area contributed by atoms with Crippen LogP contribution in [0.1, 0.15) is 91.7 Å². The molecule has 1 unspecified atom stereocenters. The summed E-state index contributed by atoms with van der Waals surface area (Å²) in [5.41, 5.74) is -3.50. The van der Waals surface area contributed by atoms with Crippen molar-refractivity contribution in [3.8, 4) is 0 Å². The molecule has 0 radical (unpaired) electrons. The van der Waals surface area contributed by atoms with Crippen LogP contribution in [-0.2, 0) is 15.7 Å². The van der Waals surface area contributed by atoms with Crippen LogP contribution in [-0.4, -0.2) is 55.3 Å². The summed E-state index contributed by atoms with van der Waals surface area (Å²) >= 11 is 12.2. The highest BCUT2D eigenvalue weighted by molar-refractivity contribution is 6.39. The predicted octanol–water partition coefficient (Wildman–Crippen LogP) is 5.75. The Bertz CT molecular complexity index is 1290. The number of ketones is 1. The predicted molar refractivity (Wildman–Crippen MR) is 139 cm³/mol. The molecular weight excluding hydrogens is 576 g/mol. The zero-order chi connectivity index (χ0) is 29.6. The first kappa shape index (κ1) is 30.3. The standard InChI is InChI=1S/C26H29Cl2F3N4O5/c1-24(2)9-19(40-24)17(8-18(36)20-15(27)11-32-12-16(20)28)34-22(37)14-10-33-35(21(14)26(29,30)31)13-4-6-25(3,7-5-13)23(38)39/h10-13,17,19H,4-9H2,1-3H3,(H,34,37)(H,38,39)/t13?,17?,19-,25?/m0/s1. The first-order valence-corrected chi connectivity index (χ1v) is 13.5. The molecule has 2 aliphatic rings. The number of ether oxygens (including phenoxy) is 1. The molecule has 1 saturated carbocycles. The fourth-order valence-electron chi connectivity index (χ4n) is 5.40. The van der Waals surface area contributed by atoms with Gasteiger partial charge in [0, 0.05) is 25.2 Å². The van der Waals surface area contributed by atoms with Crippen molar-refractivity contribution in [3.05, 3.63) is 45.5 Å². The first-order chi connectivity index (χ1) is 18.5. The minimum absolute atomic E-state index is 0.00421. The van der Waals surface area contributed by atoms with E-state index in [2.05, 4.69) is 15.4 Å². The van der Waals surface area contributed by atoms with Gasteiger partial charge in [0.25, 0.3) is 5.91 Å². The number of pyridine rings is 1. The summed E-state index contributed by atoms with van der Waals surface area (Å²) in [5.74, 6) is -2.60. The monoisotopic (exact) mass is 604 g/mol. The molecule has 2 aromatic rings. The lowest BCUT2D eigenvalue weighted by molar-refractivity contribution is -0.194. The third-order valence-electron chi connectivity index (χ3n) is 7.70. The van der Waals surface area contributed by atoms with E-state index >= 15 is 0 Å². The van der Waals surface area contributed by atoms with Crippen molar-refractivity contribution in [2.75, 3.05) is 0 Å². The van der Waals surface area contributed by atoms with Crippen LogP contribution in [0.3, 0.4) is 0 Å². The van der Waals surface area contributed by atoms with Gasteiger partial charge in [-0.25, -0.2) is 0 Å². The molecule has 9 nitrogen and oxygen atoms in total. The second-order valence-corrected chi connectivity index (χ2v) is 12.1. The van der Waals surface area contributed by atoms with Crippen LogP contribution >= 0.6 is 23.2 Å². The number of carbonyl (C=O) groups is 3. The van der Waals surface area contributed by atoms with Crippen molar-refractivity contribution in [2.45, 2.75) is 89.3 Å². The van der Waals surface area contributed by atoms with E-state index in [1.54, 1.807) is 6.92 Å². The number of Topliss-reactive ketones (excluding diaryl/α,β-unsaturated/α-hetero) is 1. The number of hydrogen-bond donors (Lipinski definition) is 2. The minimum Gasteiger partial charge on any atom is -0.481 e. The summed E-state index contributed by atoms with van der Waals surface area (Å²) < 4.78 is 49.4. The van der Waals surface area contributed by atoms with Crippen LogP contribution in [0.4, 0.5) is 13.2 Å². The molecule has 40 heavy (non-hydrogen) atoms. The highest BCUT2D eigenvalue weighted by atomic mass is 35.5. The minimum atomic E-state index is -4.92. The van der Waals surface area contributed by atoms with Gasteiger partial charge in [0.05, 0.1) is 56.6 Å². The fourth-order valence-corrected chi connectivity index (χ4v) is 5.97. The number of aromatic nitrogens is 3. The molecule has 1 aliphatic heterocycles. The van der Waals surface area contributed by atoms with E-state index in [9.17, 15) is 32.7 Å². The average Bonchev–Trinajstić information content (AvgIpc) is 3.28. The maximum Gasteiger partial charge on any atom is 0.433 e. The molecule has 218 valence electrons. The third kappa shape index (κ3) is 6.13. The Morgan fingerprint density at radius 1 is 1.15 bits per heavy atom. The van der Waals surface area contributed by atoms with Gasteiger partial charge in [0.2, 0.25) is 0 Å². The molecular formula is C26H29Cl2F3N4O5. The van der Waals surface area contributed by atoms with E-state index in [4.69, 9.17) is 27.9 Å². The summed E-state index contributed by atoms with van der Waals surface area (Å²) in [6, 6.07) is -1.71. The Labute approximate surface area is 238 Å². The smallest absolute Gasteiger partial charge is 0.433 e. The number of aliphatic carboxylic acids is 1. The lowest BCUT2D eigenvalue weighted by Gasteiger charge is -2.46. The van der Waals surface area contributed by atoms with Gasteiger partial charge in [0.1, 0.15) is 0 Å². The van der Waals surface area contributed by atoms with Gasteiger partial charge in [-0.3, -0.25) is 24.0 Å². The summed E-state index contributed by atoms with van der Waals surface area (Å²) in [6.45, 7) is 5.19. The Hall–Kier alpha value is -2.70. The van der Waals surface area contributed by atoms with E-state index < -0.39 is 64.3 Å². The number of rotatable bonds is 8. The molecule has 0 bridgehead atoms. The van der Waals surface area contributed by atoms with Gasteiger partial charge in [-0.2, -0.15) is 18.3 Å². The van der Waals surface area contributed by atoms with E-state index in [1.165, 1.54) is 12.4 Å². The lowest BCUT2D eigenvalue weighted by atomic mass is 9.74. The molecule has 0 aromatic carbocycles. The van der Waals surface area contributed by atoms with Crippen molar-refractivity contribution in [2.24, 2.45) is 5.41 Å². The molecule has 2 N–H and O–H groups in total. The quantitative estimate of drug-likeness (QED) is 0.368. The van der Waals surface area contributed by atoms with Crippen LogP contribution in [0.5, 0.6) is 0 Å². The van der Waals surface area contributed by atoms with Crippen molar-refractivity contribution < 1.29 is 37.4 Å². The number of amides is 1. The van der Waals surface area contributed by atoms with Gasteiger partial charge >= 0.3 is 12.1 Å². The summed E-state index contributed by atoms with van der Waals surface area (Å²) in [5, 5.41) is 15.9. The Kier molecular flexibility index (Phi) is 8.28. The van der Waals surface area contributed by atoms with Crippen LogP contribution in [0.2, 0.25) is 10.0 Å². The van der Waals surface area contributed by atoms with Crippen LogP contribution in [0, 0.1) is 5.41 Å². The van der Waals surface area contributed by atoms with Gasteiger partial charge in [-0.05, 0) is 46.5 Å². The molecule has 0 spiro atoms. The van der Waals surface area contributed by atoms with Gasteiger partial charge in [-0.1, -0.05) is 23.2 Å². The average molecular weight is 605 g/mol. The van der Waals surface area contributed by atoms with Crippen molar-refractivity contribution in [3.63, 3.8) is 0 Å². The number of carboxylic acids is 1. The maximum absolute atomic E-state index is 14.3. The lowest BCUT2D eigenvalue weighted by Crippen LogP contribution is -2.57. The van der Waals surface area contributed by atoms with Crippen molar-refractivity contribution in [1.29, 1.82) is 0 Å². The molecule has 2 fully saturated rings. The number of nitrogens with zero attached hydrogens (tertiary/aromatic N) is 3. The largest absolute Gasteiger partial charge is 0.481 e. The summed E-state index contributed by atoms with van der Waals surface area (Å²) in [6.07, 6.45) is -1.46. The number of halogens is 5. The summed E-state index contributed by atoms with van der Waals surface area (Å²) in [7, 11) is 0. The SMILES string of the molecule is CC1(C)C[C@@H](C(CC(=O)c2c(Cl)cncc2Cl)NC(=O)c2cnn(C3CCC(C)(C(=O)O)CC3)c2C(F)(F)F)O1. The third-order valence-corrected chi connectivity index (χ3v) is 8.27. The number of carboxylic acid groups (broad SMARTS) is 1. The summed E-state index contributed by atoms with van der Waals surface area (Å²) in [4.78, 5) is 41.8. The maximum atomic E-state index is 14.3. The molecule has 2 atom stereocenters. The molecule has 1 saturated heterocycles. The first-order valence-electron chi connectivity index (χ1n) is 12.7. The van der Waals surface area contributed by atoms with Gasteiger partial charge in [0.15, 0.2) is 11.5 Å². The van der Waals surface area contributed by atoms with Gasteiger partial charge in [-0.15, -0.1) is 0 Å². The number of nitrogens with one attached hydrogen (secondary N) is 1. The Morgan fingerprint density at radius 3 is 2.23 bits per heavy atom. The number of hydrogen-bond acceptors (Lipinski definition) is 6. The van der Waals surface area contributed by atoms with E-state index in [0.717, 1.165) is 10.9 Å². The van der Waals surface area contributed by atoms with Crippen molar-refractivity contribution in [1.82, 2.24) is 20.1 Å². The van der Waals surface area contributed by atoms with Crippen molar-refractivity contribution >= 4 is 40.9 Å². The normalized spacial score (nSPS) is 25.1.